The van der Waals surface area contributed by atoms with Crippen LogP contribution in [0.4, 0.5) is 4.39 Å². The molecule has 0 spiro atoms. The summed E-state index contributed by atoms with van der Waals surface area (Å²) < 4.78 is 41.0. The highest BCUT2D eigenvalue weighted by Crippen LogP contribution is 2.46. The third-order valence-electron chi connectivity index (χ3n) is 4.66. The lowest BCUT2D eigenvalue weighted by Crippen LogP contribution is -2.34. The Hall–Kier alpha value is -0.510. The molecular formula is C18H17BrFIO3S. The molecule has 0 saturated carbocycles. The topological polar surface area (TPSA) is 54.4 Å². The Kier molecular flexibility index (Phi) is 5.87. The van der Waals surface area contributed by atoms with Crippen molar-refractivity contribution in [1.82, 2.24) is 0 Å². The van der Waals surface area contributed by atoms with Gasteiger partial charge in [-0.2, -0.15) is 0 Å². The zero-order chi connectivity index (χ0) is 18.2. The molecule has 3 rings (SSSR count). The van der Waals surface area contributed by atoms with Gasteiger partial charge >= 0.3 is 0 Å². The molecule has 0 bridgehead atoms. The first-order valence-electron chi connectivity index (χ1n) is 7.87. The van der Waals surface area contributed by atoms with Crippen molar-refractivity contribution < 1.29 is 17.9 Å². The molecule has 0 radical (unpaired) electrons. The highest BCUT2D eigenvalue weighted by molar-refractivity contribution is 14.1. The number of aliphatic hydroxyl groups excluding tert-OH is 1. The van der Waals surface area contributed by atoms with Gasteiger partial charge in [-0.15, -0.1) is 0 Å². The van der Waals surface area contributed by atoms with Crippen LogP contribution in [0.5, 0.6) is 0 Å². The van der Waals surface area contributed by atoms with Gasteiger partial charge in [0.15, 0.2) is 9.84 Å². The summed E-state index contributed by atoms with van der Waals surface area (Å²) in [6, 6.07) is 10.7. The van der Waals surface area contributed by atoms with E-state index in [4.69, 9.17) is 0 Å². The third kappa shape index (κ3) is 3.79. The fraction of sp³-hybridized carbons (Fsp3) is 0.333. The minimum atomic E-state index is -3.72. The summed E-state index contributed by atoms with van der Waals surface area (Å²) in [7, 11) is -3.72. The second-order valence-electron chi connectivity index (χ2n) is 6.16. The molecule has 0 fully saturated rings. The predicted molar refractivity (Wildman–Crippen MR) is 107 cm³/mol. The van der Waals surface area contributed by atoms with Crippen LogP contribution in [0.25, 0.3) is 0 Å². The van der Waals surface area contributed by atoms with Gasteiger partial charge in [0.1, 0.15) is 5.82 Å². The fourth-order valence-electron chi connectivity index (χ4n) is 3.45. The van der Waals surface area contributed by atoms with E-state index >= 15 is 0 Å². The molecule has 3 atom stereocenters. The van der Waals surface area contributed by atoms with Crippen LogP contribution in [0.1, 0.15) is 22.8 Å². The monoisotopic (exact) mass is 538 g/mol. The van der Waals surface area contributed by atoms with E-state index in [-0.39, 0.29) is 22.2 Å². The summed E-state index contributed by atoms with van der Waals surface area (Å²) >= 11 is 5.66. The van der Waals surface area contributed by atoms with Crippen LogP contribution in [0.2, 0.25) is 0 Å². The van der Waals surface area contributed by atoms with Crippen molar-refractivity contribution in [2.24, 2.45) is 5.92 Å². The fourth-order valence-corrected chi connectivity index (χ4v) is 6.93. The van der Waals surface area contributed by atoms with Crippen LogP contribution < -0.4 is 0 Å². The van der Waals surface area contributed by atoms with E-state index in [2.05, 4.69) is 38.5 Å². The van der Waals surface area contributed by atoms with Gasteiger partial charge in [-0.1, -0.05) is 22.0 Å². The van der Waals surface area contributed by atoms with Crippen LogP contribution in [0.15, 0.2) is 47.4 Å². The van der Waals surface area contributed by atoms with Crippen molar-refractivity contribution in [1.29, 1.82) is 0 Å². The minimum absolute atomic E-state index is 0.105. The van der Waals surface area contributed by atoms with Crippen LogP contribution in [-0.4, -0.2) is 25.0 Å². The van der Waals surface area contributed by atoms with Crippen molar-refractivity contribution >= 4 is 48.4 Å². The summed E-state index contributed by atoms with van der Waals surface area (Å²) in [5.41, 5.74) is 1.80. The smallest absolute Gasteiger partial charge is 0.185 e. The normalized spacial score (nSPS) is 21.6. The van der Waals surface area contributed by atoms with Gasteiger partial charge in [-0.3, -0.25) is 0 Å². The van der Waals surface area contributed by atoms with Crippen molar-refractivity contribution in [3.05, 3.63) is 63.0 Å². The zero-order valence-electron chi connectivity index (χ0n) is 13.2. The molecule has 0 saturated heterocycles. The average molecular weight is 539 g/mol. The first-order chi connectivity index (χ1) is 11.8. The summed E-state index contributed by atoms with van der Waals surface area (Å²) in [4.78, 5) is -0.215. The molecule has 7 heteroatoms. The van der Waals surface area contributed by atoms with Crippen LogP contribution in [0, 0.1) is 15.3 Å². The molecule has 134 valence electrons. The Bertz CT molecular complexity index is 870. The molecule has 0 amide bonds. The van der Waals surface area contributed by atoms with Crippen LogP contribution in [-0.2, 0) is 16.3 Å². The van der Waals surface area contributed by atoms with Gasteiger partial charge in [0.25, 0.3) is 0 Å². The van der Waals surface area contributed by atoms with Crippen LogP contribution in [0.3, 0.4) is 0 Å². The molecule has 3 unspecified atom stereocenters. The summed E-state index contributed by atoms with van der Waals surface area (Å²) in [6.45, 7) is -0.139. The average Bonchev–Trinajstić information content (AvgIpc) is 2.60. The summed E-state index contributed by atoms with van der Waals surface area (Å²) in [5, 5.41) is 8.81. The van der Waals surface area contributed by atoms with Gasteiger partial charge in [0.2, 0.25) is 0 Å². The van der Waals surface area contributed by atoms with Gasteiger partial charge in [-0.25, -0.2) is 12.8 Å². The van der Waals surface area contributed by atoms with Crippen LogP contribution >= 0.6 is 38.5 Å². The molecule has 2 aromatic carbocycles. The molecular weight excluding hydrogens is 522 g/mol. The van der Waals surface area contributed by atoms with E-state index in [1.807, 2.05) is 18.2 Å². The van der Waals surface area contributed by atoms with Gasteiger partial charge < -0.3 is 5.11 Å². The number of benzene rings is 2. The molecule has 1 N–H and O–H groups in total. The number of alkyl halides is 1. The molecule has 25 heavy (non-hydrogen) atoms. The van der Waals surface area contributed by atoms with Crippen molar-refractivity contribution in [3.63, 3.8) is 0 Å². The van der Waals surface area contributed by atoms with Gasteiger partial charge in [-0.05, 0) is 88.9 Å². The Morgan fingerprint density at radius 3 is 2.56 bits per heavy atom. The molecule has 2 aromatic rings. The van der Waals surface area contributed by atoms with Crippen molar-refractivity contribution in [2.45, 2.75) is 27.8 Å². The third-order valence-corrected chi connectivity index (χ3v) is 8.50. The van der Waals surface area contributed by atoms with E-state index in [9.17, 15) is 17.9 Å². The maximum Gasteiger partial charge on any atom is 0.185 e. The minimum Gasteiger partial charge on any atom is -0.395 e. The molecule has 3 nitrogen and oxygen atoms in total. The lowest BCUT2D eigenvalue weighted by molar-refractivity contribution is 0.256. The second-order valence-corrected chi connectivity index (χ2v) is 10.7. The number of rotatable bonds is 4. The number of aliphatic hydroxyl groups is 1. The van der Waals surface area contributed by atoms with E-state index in [1.165, 1.54) is 12.1 Å². The lowest BCUT2D eigenvalue weighted by atomic mass is 9.82. The lowest BCUT2D eigenvalue weighted by Gasteiger charge is -2.35. The van der Waals surface area contributed by atoms with E-state index in [0.717, 1.165) is 33.3 Å². The van der Waals surface area contributed by atoms with Gasteiger partial charge in [0, 0.05) is 8.40 Å². The Balaban J connectivity index is 2.15. The van der Waals surface area contributed by atoms with Crippen molar-refractivity contribution in [3.8, 4) is 0 Å². The largest absolute Gasteiger partial charge is 0.395 e. The number of hydrogen-bond acceptors (Lipinski definition) is 3. The van der Waals surface area contributed by atoms with Gasteiger partial charge in [0.05, 0.1) is 16.8 Å². The Morgan fingerprint density at radius 1 is 1.24 bits per heavy atom. The quantitative estimate of drug-likeness (QED) is 0.359. The Labute approximate surface area is 168 Å². The SMILES string of the molecule is O=S(=O)(c1ccc(F)cc1)C1c2ccc(I)cc2CCC1C(Br)CO. The number of fused-ring (bicyclic) bond motifs is 1. The van der Waals surface area contributed by atoms with E-state index in [0.29, 0.717) is 6.42 Å². The summed E-state index contributed by atoms with van der Waals surface area (Å²) in [5.74, 6) is -0.726. The zero-order valence-corrected chi connectivity index (χ0v) is 17.8. The predicted octanol–water partition coefficient (Wildman–Crippen LogP) is 4.26. The molecule has 0 heterocycles. The standard InChI is InChI=1S/C18H17BrFIO3S/c19-17(10-22)16-7-1-11-9-13(21)4-8-15(11)18(16)25(23,24)14-5-2-12(20)3-6-14/h2-6,8-9,16-18,22H,1,7,10H2. The maximum atomic E-state index is 13.4. The van der Waals surface area contributed by atoms with Crippen molar-refractivity contribution in [2.75, 3.05) is 6.61 Å². The number of aryl methyl sites for hydroxylation is 1. The van der Waals surface area contributed by atoms with E-state index in [1.54, 1.807) is 0 Å². The molecule has 1 aliphatic carbocycles. The molecule has 0 aliphatic heterocycles. The summed E-state index contributed by atoms with van der Waals surface area (Å²) in [6.07, 6.45) is 1.43. The first-order valence-corrected chi connectivity index (χ1v) is 11.4. The number of sulfone groups is 1. The molecule has 1 aliphatic rings. The highest BCUT2D eigenvalue weighted by Gasteiger charge is 2.42. The highest BCUT2D eigenvalue weighted by atomic mass is 127. The second kappa shape index (κ2) is 7.62. The molecule has 0 aromatic heterocycles. The van der Waals surface area contributed by atoms with E-state index < -0.39 is 20.9 Å². The number of halogens is 3. The first kappa shape index (κ1) is 19.3. The maximum absolute atomic E-state index is 13.4. The Morgan fingerprint density at radius 2 is 1.92 bits per heavy atom. The number of hydrogen-bond donors (Lipinski definition) is 1.